The quantitative estimate of drug-likeness (QED) is 0.304. The van der Waals surface area contributed by atoms with E-state index < -0.39 is 6.09 Å². The summed E-state index contributed by atoms with van der Waals surface area (Å²) in [7, 11) is 1.65. The average molecular weight is 471 g/mol. The summed E-state index contributed by atoms with van der Waals surface area (Å²) in [6.45, 7) is 2.17. The van der Waals surface area contributed by atoms with E-state index in [2.05, 4.69) is 53.8 Å². The number of ether oxygens (including phenoxy) is 1. The standard InChI is InChI=1S/C21H30INO3/c1-3-4-5-10-19(26-2)23(20(24)25)18-13-15-11-12-21(18,14-15)16-8-6-7-9-17(16)22/h6-9,15,18-19H,3-5,10-14H2,1-2H3,(H,24,25)/t15?,18-,19?,21-/m0/s1. The summed E-state index contributed by atoms with van der Waals surface area (Å²) in [6.07, 6.45) is 7.20. The second kappa shape index (κ2) is 8.46. The van der Waals surface area contributed by atoms with Crippen LogP contribution in [0.25, 0.3) is 0 Å². The van der Waals surface area contributed by atoms with Crippen LogP contribution in [0.2, 0.25) is 0 Å². The number of carbonyl (C=O) groups is 1. The SMILES string of the molecule is CCCCCC(OC)N(C(=O)O)[C@H]1CC2CC[C@@]1(c1ccccc1I)C2. The lowest BCUT2D eigenvalue weighted by Gasteiger charge is -2.44. The second-order valence-electron chi connectivity index (χ2n) is 7.87. The van der Waals surface area contributed by atoms with Crippen LogP contribution < -0.4 is 0 Å². The zero-order valence-corrected chi connectivity index (χ0v) is 17.9. The van der Waals surface area contributed by atoms with Gasteiger partial charge in [-0.3, -0.25) is 4.90 Å². The molecule has 0 saturated heterocycles. The van der Waals surface area contributed by atoms with Crippen LogP contribution in [0, 0.1) is 9.49 Å². The molecule has 3 rings (SSSR count). The highest BCUT2D eigenvalue weighted by Crippen LogP contribution is 2.58. The van der Waals surface area contributed by atoms with Gasteiger partial charge in [-0.1, -0.05) is 38.0 Å². The Balaban J connectivity index is 1.93. The predicted molar refractivity (Wildman–Crippen MR) is 111 cm³/mol. The third kappa shape index (κ3) is 3.61. The van der Waals surface area contributed by atoms with E-state index >= 15 is 0 Å². The minimum absolute atomic E-state index is 0.0150. The first kappa shape index (κ1) is 19.9. The lowest BCUT2D eigenvalue weighted by molar-refractivity contribution is -0.0609. The lowest BCUT2D eigenvalue weighted by atomic mass is 9.73. The number of unbranched alkanes of at least 4 members (excludes halogenated alkanes) is 2. The van der Waals surface area contributed by atoms with Gasteiger partial charge in [0.25, 0.3) is 0 Å². The molecule has 2 saturated carbocycles. The van der Waals surface area contributed by atoms with E-state index in [1.807, 2.05) is 0 Å². The van der Waals surface area contributed by atoms with Crippen LogP contribution >= 0.6 is 22.6 Å². The summed E-state index contributed by atoms with van der Waals surface area (Å²) >= 11 is 2.41. The molecule has 2 aliphatic carbocycles. The molecule has 0 spiro atoms. The molecule has 0 aromatic heterocycles. The first-order valence-electron chi connectivity index (χ1n) is 9.82. The van der Waals surface area contributed by atoms with Crippen molar-refractivity contribution < 1.29 is 14.6 Å². The number of hydrogen-bond acceptors (Lipinski definition) is 2. The molecule has 26 heavy (non-hydrogen) atoms. The Labute approximate surface area is 170 Å². The fraction of sp³-hybridized carbons (Fsp3) is 0.667. The Kier molecular flexibility index (Phi) is 6.49. The highest BCUT2D eigenvalue weighted by Gasteiger charge is 2.57. The van der Waals surface area contributed by atoms with E-state index in [0.29, 0.717) is 5.92 Å². The van der Waals surface area contributed by atoms with Crippen molar-refractivity contribution >= 4 is 28.7 Å². The molecule has 0 aliphatic heterocycles. The van der Waals surface area contributed by atoms with Crippen LogP contribution in [0.3, 0.4) is 0 Å². The third-order valence-electron chi connectivity index (χ3n) is 6.45. The van der Waals surface area contributed by atoms with E-state index in [4.69, 9.17) is 4.74 Å². The molecule has 1 amide bonds. The summed E-state index contributed by atoms with van der Waals surface area (Å²) in [5.41, 5.74) is 1.28. The number of nitrogens with zero attached hydrogens (tertiary/aromatic N) is 1. The van der Waals surface area contributed by atoms with Gasteiger partial charge in [0.2, 0.25) is 0 Å². The van der Waals surface area contributed by atoms with Crippen LogP contribution in [0.1, 0.15) is 63.9 Å². The Morgan fingerprint density at radius 3 is 2.81 bits per heavy atom. The van der Waals surface area contributed by atoms with Crippen LogP contribution in [0.15, 0.2) is 24.3 Å². The zero-order chi connectivity index (χ0) is 18.7. The number of amides is 1. The predicted octanol–water partition coefficient (Wildman–Crippen LogP) is 5.63. The number of carboxylic acid groups (broad SMARTS) is 1. The van der Waals surface area contributed by atoms with Crippen molar-refractivity contribution in [3.63, 3.8) is 0 Å². The van der Waals surface area contributed by atoms with Gasteiger partial charge in [0, 0.05) is 22.1 Å². The molecule has 0 heterocycles. The molecular formula is C21H30INO3. The molecule has 1 aromatic carbocycles. The molecule has 144 valence electrons. The van der Waals surface area contributed by atoms with E-state index in [-0.39, 0.29) is 17.7 Å². The number of halogens is 1. The Morgan fingerprint density at radius 2 is 2.19 bits per heavy atom. The smallest absolute Gasteiger partial charge is 0.409 e. The number of benzene rings is 1. The van der Waals surface area contributed by atoms with Crippen molar-refractivity contribution in [2.24, 2.45) is 5.92 Å². The molecule has 2 fully saturated rings. The molecule has 4 nitrogen and oxygen atoms in total. The van der Waals surface area contributed by atoms with Gasteiger partial charge in [-0.05, 0) is 78.7 Å². The summed E-state index contributed by atoms with van der Waals surface area (Å²) < 4.78 is 6.95. The number of methoxy groups -OCH3 is 1. The molecule has 2 unspecified atom stereocenters. The first-order valence-corrected chi connectivity index (χ1v) is 10.9. The van der Waals surface area contributed by atoms with Gasteiger partial charge < -0.3 is 9.84 Å². The van der Waals surface area contributed by atoms with Crippen molar-refractivity contribution in [2.45, 2.75) is 76.0 Å². The molecule has 0 radical (unpaired) electrons. The monoisotopic (exact) mass is 471 g/mol. The topological polar surface area (TPSA) is 49.8 Å². The van der Waals surface area contributed by atoms with E-state index in [0.717, 1.165) is 44.9 Å². The molecular weight excluding hydrogens is 441 g/mol. The second-order valence-corrected chi connectivity index (χ2v) is 9.03. The molecule has 1 N–H and O–H groups in total. The van der Waals surface area contributed by atoms with Crippen molar-refractivity contribution in [1.29, 1.82) is 0 Å². The van der Waals surface area contributed by atoms with Crippen LogP contribution in [-0.2, 0) is 10.2 Å². The van der Waals surface area contributed by atoms with Gasteiger partial charge in [-0.25, -0.2) is 4.79 Å². The molecule has 2 bridgehead atoms. The Bertz CT molecular complexity index is 637. The normalized spacial score (nSPS) is 28.3. The van der Waals surface area contributed by atoms with Crippen LogP contribution in [-0.4, -0.2) is 35.5 Å². The van der Waals surface area contributed by atoms with Gasteiger partial charge in [0.05, 0.1) is 0 Å². The molecule has 1 aromatic rings. The number of fused-ring (bicyclic) bond motifs is 2. The van der Waals surface area contributed by atoms with Crippen LogP contribution in [0.4, 0.5) is 4.79 Å². The van der Waals surface area contributed by atoms with E-state index in [1.54, 1.807) is 12.0 Å². The zero-order valence-electron chi connectivity index (χ0n) is 15.8. The molecule has 4 atom stereocenters. The summed E-state index contributed by atoms with van der Waals surface area (Å²) in [5.74, 6) is 0.631. The van der Waals surface area contributed by atoms with Crippen molar-refractivity contribution in [3.05, 3.63) is 33.4 Å². The van der Waals surface area contributed by atoms with Gasteiger partial charge in [-0.15, -0.1) is 0 Å². The molecule has 5 heteroatoms. The average Bonchev–Trinajstić information content (AvgIpc) is 3.20. The van der Waals surface area contributed by atoms with Gasteiger partial charge in [0.1, 0.15) is 6.23 Å². The maximum Gasteiger partial charge on any atom is 0.409 e. The minimum Gasteiger partial charge on any atom is -0.465 e. The maximum absolute atomic E-state index is 12.3. The summed E-state index contributed by atoms with van der Waals surface area (Å²) in [5, 5.41) is 10.1. The van der Waals surface area contributed by atoms with Crippen molar-refractivity contribution in [3.8, 4) is 0 Å². The number of rotatable bonds is 8. The van der Waals surface area contributed by atoms with E-state index in [9.17, 15) is 9.90 Å². The fourth-order valence-electron chi connectivity index (χ4n) is 5.29. The highest BCUT2D eigenvalue weighted by molar-refractivity contribution is 14.1. The minimum atomic E-state index is -0.837. The van der Waals surface area contributed by atoms with Gasteiger partial charge in [-0.2, -0.15) is 0 Å². The molecule has 2 aliphatic rings. The Hall–Kier alpha value is -0.820. The van der Waals surface area contributed by atoms with Crippen LogP contribution in [0.5, 0.6) is 0 Å². The maximum atomic E-state index is 12.3. The summed E-state index contributed by atoms with van der Waals surface area (Å²) in [6, 6.07) is 8.53. The fourth-order valence-corrected chi connectivity index (χ4v) is 6.22. The van der Waals surface area contributed by atoms with Crippen molar-refractivity contribution in [1.82, 2.24) is 4.90 Å². The van der Waals surface area contributed by atoms with Gasteiger partial charge in [0.15, 0.2) is 0 Å². The largest absolute Gasteiger partial charge is 0.465 e. The Morgan fingerprint density at radius 1 is 1.42 bits per heavy atom. The first-order chi connectivity index (χ1) is 12.5. The third-order valence-corrected chi connectivity index (χ3v) is 7.39. The van der Waals surface area contributed by atoms with Gasteiger partial charge >= 0.3 is 6.09 Å². The number of hydrogen-bond donors (Lipinski definition) is 1. The highest BCUT2D eigenvalue weighted by atomic mass is 127. The van der Waals surface area contributed by atoms with Crippen molar-refractivity contribution in [2.75, 3.05) is 7.11 Å². The summed E-state index contributed by atoms with van der Waals surface area (Å²) in [4.78, 5) is 14.0. The van der Waals surface area contributed by atoms with E-state index in [1.165, 1.54) is 15.6 Å². The lowest BCUT2D eigenvalue weighted by Crippen LogP contribution is -2.55.